The van der Waals surface area contributed by atoms with Crippen molar-refractivity contribution in [1.29, 1.82) is 0 Å². The Balaban J connectivity index is 1.69. The van der Waals surface area contributed by atoms with E-state index in [1.54, 1.807) is 24.3 Å². The first-order valence-electron chi connectivity index (χ1n) is 9.47. The second-order valence-electron chi connectivity index (χ2n) is 7.26. The van der Waals surface area contributed by atoms with Crippen molar-refractivity contribution in [3.05, 3.63) is 62.6 Å². The van der Waals surface area contributed by atoms with E-state index in [-0.39, 0.29) is 29.6 Å². The Bertz CT molecular complexity index is 1060. The number of carbonyl (C=O) groups excluding carboxylic acids is 3. The van der Waals surface area contributed by atoms with Crippen molar-refractivity contribution in [1.82, 2.24) is 10.6 Å². The van der Waals surface area contributed by atoms with Gasteiger partial charge in [-0.15, -0.1) is 23.2 Å². The Morgan fingerprint density at radius 1 is 0.938 bits per heavy atom. The fourth-order valence-electron chi connectivity index (χ4n) is 3.33. The number of amides is 3. The number of benzene rings is 2. The molecule has 1 fully saturated rings. The molecule has 1 aliphatic carbocycles. The first kappa shape index (κ1) is 24.9. The lowest BCUT2D eigenvalue weighted by atomic mass is 10.1. The third kappa shape index (κ3) is 5.80. The summed E-state index contributed by atoms with van der Waals surface area (Å²) in [5.74, 6) is -2.30. The molecule has 1 aliphatic rings. The Morgan fingerprint density at radius 2 is 1.56 bits per heavy atom. The van der Waals surface area contributed by atoms with Crippen LogP contribution in [0, 0.1) is 5.92 Å². The van der Waals surface area contributed by atoms with Crippen LogP contribution in [0.25, 0.3) is 0 Å². The zero-order valence-corrected chi connectivity index (χ0v) is 20.4. The van der Waals surface area contributed by atoms with Crippen molar-refractivity contribution in [2.24, 2.45) is 5.92 Å². The lowest BCUT2D eigenvalue weighted by Crippen LogP contribution is -2.33. The van der Waals surface area contributed by atoms with Gasteiger partial charge in [0.1, 0.15) is 4.33 Å². The molecular weight excluding hydrogens is 520 g/mol. The first-order chi connectivity index (χ1) is 15.0. The van der Waals surface area contributed by atoms with Gasteiger partial charge < -0.3 is 16.0 Å². The van der Waals surface area contributed by atoms with Gasteiger partial charge in [-0.05, 0) is 42.0 Å². The molecule has 2 aromatic rings. The highest BCUT2D eigenvalue weighted by Crippen LogP contribution is 2.65. The molecule has 3 rings (SSSR count). The molecule has 2 unspecified atom stereocenters. The third-order valence-electron chi connectivity index (χ3n) is 4.84. The van der Waals surface area contributed by atoms with Crippen molar-refractivity contribution in [2.45, 2.75) is 17.2 Å². The standard InChI is InChI=1S/C21H18Cl5N3O3/c1-10(30)27-4-5-28-19(31)15-9-14(2-3-16(15)24)29-20(32)18-17(21(18,25)26)11-6-12(22)8-13(23)7-11/h2-3,6-9,17-18H,4-5H2,1H3,(H,27,30)(H,28,31)(H,29,32). The van der Waals surface area contributed by atoms with E-state index in [2.05, 4.69) is 16.0 Å². The maximum Gasteiger partial charge on any atom is 0.252 e. The number of halogens is 5. The van der Waals surface area contributed by atoms with E-state index in [9.17, 15) is 14.4 Å². The van der Waals surface area contributed by atoms with Crippen LogP contribution in [-0.2, 0) is 9.59 Å². The lowest BCUT2D eigenvalue weighted by Gasteiger charge is -2.10. The van der Waals surface area contributed by atoms with Crippen molar-refractivity contribution in [3.8, 4) is 0 Å². The van der Waals surface area contributed by atoms with Gasteiger partial charge in [-0.3, -0.25) is 14.4 Å². The van der Waals surface area contributed by atoms with Gasteiger partial charge in [-0.25, -0.2) is 0 Å². The van der Waals surface area contributed by atoms with Gasteiger partial charge in [0.25, 0.3) is 5.91 Å². The van der Waals surface area contributed by atoms with Gasteiger partial charge in [0, 0.05) is 41.7 Å². The molecule has 0 aromatic heterocycles. The summed E-state index contributed by atoms with van der Waals surface area (Å²) in [6, 6.07) is 9.41. The normalized spacial score (nSPS) is 18.6. The Morgan fingerprint density at radius 3 is 2.19 bits per heavy atom. The molecule has 11 heteroatoms. The average Bonchev–Trinajstić information content (AvgIpc) is 3.28. The highest BCUT2D eigenvalue weighted by atomic mass is 35.5. The zero-order chi connectivity index (χ0) is 23.6. The second-order valence-corrected chi connectivity index (χ2v) is 9.98. The summed E-state index contributed by atoms with van der Waals surface area (Å²) in [5.41, 5.74) is 1.18. The minimum Gasteiger partial charge on any atom is -0.355 e. The molecule has 0 saturated heterocycles. The molecule has 0 spiro atoms. The molecule has 2 aromatic carbocycles. The molecule has 0 radical (unpaired) electrons. The summed E-state index contributed by atoms with van der Waals surface area (Å²) in [4.78, 5) is 36.2. The van der Waals surface area contributed by atoms with Gasteiger partial charge >= 0.3 is 0 Å². The largest absolute Gasteiger partial charge is 0.355 e. The van der Waals surface area contributed by atoms with E-state index in [0.717, 1.165) is 0 Å². The van der Waals surface area contributed by atoms with E-state index in [1.807, 2.05) is 0 Å². The Kier molecular flexibility index (Phi) is 7.84. The molecule has 0 aliphatic heterocycles. The van der Waals surface area contributed by atoms with Gasteiger partial charge in [-0.2, -0.15) is 0 Å². The van der Waals surface area contributed by atoms with Crippen LogP contribution in [-0.4, -0.2) is 35.1 Å². The smallest absolute Gasteiger partial charge is 0.252 e. The summed E-state index contributed by atoms with van der Waals surface area (Å²) in [6.07, 6.45) is 0. The van der Waals surface area contributed by atoms with Crippen LogP contribution < -0.4 is 16.0 Å². The molecule has 1 saturated carbocycles. The van der Waals surface area contributed by atoms with Crippen molar-refractivity contribution < 1.29 is 14.4 Å². The summed E-state index contributed by atoms with van der Waals surface area (Å²) in [5, 5.41) is 8.97. The quantitative estimate of drug-likeness (QED) is 0.342. The fourth-order valence-corrected chi connectivity index (χ4v) is 4.90. The van der Waals surface area contributed by atoms with Crippen LogP contribution in [0.2, 0.25) is 15.1 Å². The highest BCUT2D eigenvalue weighted by molar-refractivity contribution is 6.53. The minimum atomic E-state index is -1.32. The van der Waals surface area contributed by atoms with Crippen LogP contribution in [0.3, 0.4) is 0 Å². The maximum absolute atomic E-state index is 12.9. The van der Waals surface area contributed by atoms with Crippen LogP contribution in [0.4, 0.5) is 5.69 Å². The van der Waals surface area contributed by atoms with Crippen LogP contribution in [0.5, 0.6) is 0 Å². The molecule has 3 N–H and O–H groups in total. The second kappa shape index (κ2) is 10.1. The number of rotatable bonds is 7. The minimum absolute atomic E-state index is 0.171. The van der Waals surface area contributed by atoms with E-state index in [1.165, 1.54) is 19.1 Å². The molecule has 2 atom stereocenters. The molecule has 0 heterocycles. The topological polar surface area (TPSA) is 87.3 Å². The first-order valence-corrected chi connectivity index (χ1v) is 11.4. The van der Waals surface area contributed by atoms with Gasteiger partial charge in [0.15, 0.2) is 0 Å². The number of anilines is 1. The Labute approximate surface area is 209 Å². The van der Waals surface area contributed by atoms with Gasteiger partial charge in [0.05, 0.1) is 16.5 Å². The number of nitrogens with one attached hydrogen (secondary N) is 3. The monoisotopic (exact) mass is 535 g/mol. The van der Waals surface area contributed by atoms with Crippen molar-refractivity contribution in [2.75, 3.05) is 18.4 Å². The number of alkyl halides is 2. The van der Waals surface area contributed by atoms with Crippen LogP contribution >= 0.6 is 58.0 Å². The van der Waals surface area contributed by atoms with Crippen molar-refractivity contribution >= 4 is 81.4 Å². The summed E-state index contributed by atoms with van der Waals surface area (Å²) >= 11 is 31.0. The molecule has 0 bridgehead atoms. The van der Waals surface area contributed by atoms with E-state index in [0.29, 0.717) is 21.3 Å². The van der Waals surface area contributed by atoms with Gasteiger partial charge in [-0.1, -0.05) is 34.8 Å². The Hall–Kier alpha value is -1.70. The van der Waals surface area contributed by atoms with E-state index < -0.39 is 28.0 Å². The van der Waals surface area contributed by atoms with E-state index >= 15 is 0 Å². The summed E-state index contributed by atoms with van der Waals surface area (Å²) < 4.78 is -1.32. The average molecular weight is 538 g/mol. The molecule has 170 valence electrons. The fraction of sp³-hybridized carbons (Fsp3) is 0.286. The number of hydrogen-bond acceptors (Lipinski definition) is 3. The number of carbonyl (C=O) groups is 3. The highest BCUT2D eigenvalue weighted by Gasteiger charge is 2.67. The van der Waals surface area contributed by atoms with Gasteiger partial charge in [0.2, 0.25) is 11.8 Å². The number of hydrogen-bond donors (Lipinski definition) is 3. The molecule has 3 amide bonds. The third-order valence-corrected chi connectivity index (χ3v) is 6.55. The molecule has 32 heavy (non-hydrogen) atoms. The summed E-state index contributed by atoms with van der Waals surface area (Å²) in [7, 11) is 0. The lowest BCUT2D eigenvalue weighted by molar-refractivity contribution is -0.119. The SMILES string of the molecule is CC(=O)NCCNC(=O)c1cc(NC(=O)C2C(c3cc(Cl)cc(Cl)c3)C2(Cl)Cl)ccc1Cl. The van der Waals surface area contributed by atoms with Crippen LogP contribution in [0.1, 0.15) is 28.8 Å². The predicted molar refractivity (Wildman–Crippen MR) is 128 cm³/mol. The molecular formula is C21H18Cl5N3O3. The summed E-state index contributed by atoms with van der Waals surface area (Å²) in [6.45, 7) is 1.88. The zero-order valence-electron chi connectivity index (χ0n) is 16.6. The predicted octanol–water partition coefficient (Wildman–Crippen LogP) is 5.04. The molecule has 6 nitrogen and oxygen atoms in total. The van der Waals surface area contributed by atoms with E-state index in [4.69, 9.17) is 58.0 Å². The maximum atomic E-state index is 12.9. The van der Waals surface area contributed by atoms with Crippen LogP contribution in [0.15, 0.2) is 36.4 Å². The van der Waals surface area contributed by atoms with Crippen molar-refractivity contribution in [3.63, 3.8) is 0 Å².